The Kier molecular flexibility index (Phi) is 10.9. The minimum absolute atomic E-state index is 0.0368. The van der Waals surface area contributed by atoms with E-state index in [1.807, 2.05) is 0 Å². The van der Waals surface area contributed by atoms with Gasteiger partial charge in [-0.2, -0.15) is 0 Å². The molecule has 0 unspecified atom stereocenters. The van der Waals surface area contributed by atoms with Gasteiger partial charge < -0.3 is 4.90 Å². The number of nitrogens with zero attached hydrogens (tertiary/aromatic N) is 1. The lowest BCUT2D eigenvalue weighted by Gasteiger charge is -2.34. The Morgan fingerprint density at radius 3 is 1.91 bits per heavy atom. The van der Waals surface area contributed by atoms with Gasteiger partial charge in [0.1, 0.15) is 0 Å². The summed E-state index contributed by atoms with van der Waals surface area (Å²) < 4.78 is 0. The summed E-state index contributed by atoms with van der Waals surface area (Å²) >= 11 is 0. The van der Waals surface area contributed by atoms with Crippen LogP contribution in [0.5, 0.6) is 0 Å². The Bertz CT molecular complexity index is 1660. The Morgan fingerprint density at radius 1 is 0.543 bits per heavy atom. The summed E-state index contributed by atoms with van der Waals surface area (Å²) in [6, 6.07) is 44.1. The second-order valence-electron chi connectivity index (χ2n) is 13.5. The number of anilines is 3. The third-order valence-corrected chi connectivity index (χ3v) is 10.4. The van der Waals surface area contributed by atoms with Gasteiger partial charge in [-0.15, -0.1) is 0 Å². The van der Waals surface area contributed by atoms with Crippen LogP contribution in [0.25, 0.3) is 21.9 Å². The van der Waals surface area contributed by atoms with Crippen LogP contribution in [0.4, 0.5) is 17.1 Å². The Balaban J connectivity index is 1.44. The SMILES string of the molecule is CCCCCCCCC1(CCCCCCCC)c2c[c]ccc2-c2ccc(N(c3ccccc3)c3cccc4ccccc34)cc21. The smallest absolute Gasteiger partial charge is 0.0540 e. The molecule has 0 aliphatic heterocycles. The van der Waals surface area contributed by atoms with E-state index in [2.05, 4.69) is 134 Å². The monoisotopic (exact) mass is 606 g/mol. The van der Waals surface area contributed by atoms with Gasteiger partial charge in [0.15, 0.2) is 0 Å². The van der Waals surface area contributed by atoms with Gasteiger partial charge in [0.05, 0.1) is 5.69 Å². The third-order valence-electron chi connectivity index (χ3n) is 10.4. The van der Waals surface area contributed by atoms with Gasteiger partial charge in [-0.05, 0) is 82.9 Å². The van der Waals surface area contributed by atoms with Crippen molar-refractivity contribution in [3.8, 4) is 11.1 Å². The molecule has 5 aromatic rings. The van der Waals surface area contributed by atoms with E-state index in [0.717, 1.165) is 0 Å². The van der Waals surface area contributed by atoms with Crippen LogP contribution in [-0.2, 0) is 5.41 Å². The average Bonchev–Trinajstić information content (AvgIpc) is 3.37. The summed E-state index contributed by atoms with van der Waals surface area (Å²) in [6.45, 7) is 4.62. The van der Waals surface area contributed by atoms with Crippen LogP contribution < -0.4 is 4.90 Å². The quantitative estimate of drug-likeness (QED) is 0.0952. The van der Waals surface area contributed by atoms with Crippen molar-refractivity contribution in [3.05, 3.63) is 126 Å². The summed E-state index contributed by atoms with van der Waals surface area (Å²) in [6.07, 6.45) is 18.4. The minimum atomic E-state index is 0.0368. The topological polar surface area (TPSA) is 3.24 Å². The van der Waals surface area contributed by atoms with Crippen molar-refractivity contribution >= 4 is 27.8 Å². The van der Waals surface area contributed by atoms with Crippen LogP contribution >= 0.6 is 0 Å². The molecule has 5 aromatic carbocycles. The Morgan fingerprint density at radius 2 is 1.17 bits per heavy atom. The highest BCUT2D eigenvalue weighted by atomic mass is 15.1. The van der Waals surface area contributed by atoms with Crippen molar-refractivity contribution in [2.75, 3.05) is 4.90 Å². The predicted octanol–water partition coefficient (Wildman–Crippen LogP) is 13.9. The molecule has 1 heteroatoms. The van der Waals surface area contributed by atoms with Crippen LogP contribution in [0.2, 0.25) is 0 Å². The van der Waals surface area contributed by atoms with Crippen molar-refractivity contribution in [2.45, 2.75) is 109 Å². The highest BCUT2D eigenvalue weighted by Gasteiger charge is 2.42. The largest absolute Gasteiger partial charge is 0.310 e. The van der Waals surface area contributed by atoms with Gasteiger partial charge in [-0.3, -0.25) is 0 Å². The van der Waals surface area contributed by atoms with Crippen molar-refractivity contribution in [3.63, 3.8) is 0 Å². The fourth-order valence-corrected chi connectivity index (χ4v) is 7.99. The van der Waals surface area contributed by atoms with Crippen LogP contribution in [0.1, 0.15) is 115 Å². The molecule has 6 rings (SSSR count). The first kappa shape index (κ1) is 32.1. The molecule has 0 saturated heterocycles. The van der Waals surface area contributed by atoms with E-state index in [9.17, 15) is 0 Å². The predicted molar refractivity (Wildman–Crippen MR) is 200 cm³/mol. The molecule has 0 fully saturated rings. The number of rotatable bonds is 17. The molecule has 0 atom stereocenters. The second-order valence-corrected chi connectivity index (χ2v) is 13.5. The Labute approximate surface area is 278 Å². The summed E-state index contributed by atoms with van der Waals surface area (Å²) in [4.78, 5) is 2.48. The molecule has 1 aliphatic rings. The zero-order valence-electron chi connectivity index (χ0n) is 28.2. The van der Waals surface area contributed by atoms with E-state index >= 15 is 0 Å². The Hall–Kier alpha value is -3.84. The van der Waals surface area contributed by atoms with Crippen molar-refractivity contribution in [2.24, 2.45) is 0 Å². The first-order valence-corrected chi connectivity index (χ1v) is 18.3. The van der Waals surface area contributed by atoms with Crippen LogP contribution in [-0.4, -0.2) is 0 Å². The lowest BCUT2D eigenvalue weighted by atomic mass is 9.70. The zero-order valence-corrected chi connectivity index (χ0v) is 28.2. The molecule has 1 aliphatic carbocycles. The van der Waals surface area contributed by atoms with Gasteiger partial charge in [0.2, 0.25) is 0 Å². The van der Waals surface area contributed by atoms with E-state index in [4.69, 9.17) is 0 Å². The fraction of sp³-hybridized carbons (Fsp3) is 0.378. The average molecular weight is 607 g/mol. The van der Waals surface area contributed by atoms with E-state index in [0.29, 0.717) is 0 Å². The number of benzene rings is 5. The highest BCUT2D eigenvalue weighted by molar-refractivity contribution is 5.99. The molecule has 0 saturated carbocycles. The lowest BCUT2D eigenvalue weighted by molar-refractivity contribution is 0.398. The summed E-state index contributed by atoms with van der Waals surface area (Å²) in [5, 5.41) is 2.54. The van der Waals surface area contributed by atoms with Gasteiger partial charge in [0, 0.05) is 22.2 Å². The van der Waals surface area contributed by atoms with Crippen molar-refractivity contribution in [1.29, 1.82) is 0 Å². The minimum Gasteiger partial charge on any atom is -0.310 e. The number of hydrogen-bond acceptors (Lipinski definition) is 1. The first-order chi connectivity index (χ1) is 22.8. The maximum Gasteiger partial charge on any atom is 0.0540 e. The maximum absolute atomic E-state index is 3.52. The standard InChI is InChI=1S/C45H52N/c1-3-5-7-9-11-20-33-45(34-21-12-10-8-6-4-2)42-29-19-18-28-40(42)41-32-31-38(35-43(41)45)46(37-25-14-13-15-26-37)44-30-22-24-36-23-16-17-27-39(36)44/h13-18,22-32,35H,3-12,20-21,33-34H2,1-2H3. The number of unbranched alkanes of at least 4 members (excludes halogenated alkanes) is 10. The van der Waals surface area contributed by atoms with Crippen LogP contribution in [0.15, 0.2) is 109 Å². The first-order valence-electron chi connectivity index (χ1n) is 18.3. The van der Waals surface area contributed by atoms with Crippen LogP contribution in [0.3, 0.4) is 0 Å². The molecular formula is C45H52N. The molecule has 237 valence electrons. The summed E-state index contributed by atoms with van der Waals surface area (Å²) in [5.74, 6) is 0. The van der Waals surface area contributed by atoms with Gasteiger partial charge >= 0.3 is 0 Å². The summed E-state index contributed by atoms with van der Waals surface area (Å²) in [7, 11) is 0. The number of hydrogen-bond donors (Lipinski definition) is 0. The van der Waals surface area contributed by atoms with E-state index in [1.54, 1.807) is 0 Å². The number of para-hydroxylation sites is 1. The molecule has 0 heterocycles. The molecule has 46 heavy (non-hydrogen) atoms. The van der Waals surface area contributed by atoms with E-state index in [-0.39, 0.29) is 5.41 Å². The van der Waals surface area contributed by atoms with Crippen molar-refractivity contribution < 1.29 is 0 Å². The van der Waals surface area contributed by atoms with Crippen LogP contribution in [0, 0.1) is 6.07 Å². The number of fused-ring (bicyclic) bond motifs is 4. The fourth-order valence-electron chi connectivity index (χ4n) is 7.99. The van der Waals surface area contributed by atoms with Gasteiger partial charge in [-0.25, -0.2) is 0 Å². The van der Waals surface area contributed by atoms with E-state index in [1.165, 1.54) is 140 Å². The molecule has 1 radical (unpaired) electrons. The molecule has 0 aromatic heterocycles. The molecule has 0 N–H and O–H groups in total. The molecule has 1 nitrogen and oxygen atoms in total. The van der Waals surface area contributed by atoms with E-state index < -0.39 is 0 Å². The lowest BCUT2D eigenvalue weighted by Crippen LogP contribution is -2.26. The third kappa shape index (κ3) is 6.80. The second kappa shape index (κ2) is 15.6. The van der Waals surface area contributed by atoms with Crippen molar-refractivity contribution in [1.82, 2.24) is 0 Å². The molecule has 0 amide bonds. The van der Waals surface area contributed by atoms with Gasteiger partial charge in [-0.1, -0.05) is 164 Å². The maximum atomic E-state index is 3.52. The molecule has 0 spiro atoms. The zero-order chi connectivity index (χ0) is 31.6. The normalized spacial score (nSPS) is 13.1. The summed E-state index contributed by atoms with van der Waals surface area (Å²) in [5.41, 5.74) is 9.60. The molecular weight excluding hydrogens is 555 g/mol. The van der Waals surface area contributed by atoms with Gasteiger partial charge in [0.25, 0.3) is 0 Å². The highest BCUT2D eigenvalue weighted by Crippen LogP contribution is 2.55. The molecule has 0 bridgehead atoms.